The van der Waals surface area contributed by atoms with Crippen LogP contribution in [0.25, 0.3) is 0 Å². The number of anilines is 1. The Hall–Kier alpha value is -1.62. The van der Waals surface area contributed by atoms with Gasteiger partial charge >= 0.3 is 0 Å². The lowest BCUT2D eigenvalue weighted by molar-refractivity contribution is 0.583. The van der Waals surface area contributed by atoms with Crippen LogP contribution in [0.3, 0.4) is 0 Å². The van der Waals surface area contributed by atoms with Gasteiger partial charge < -0.3 is 5.32 Å². The van der Waals surface area contributed by atoms with E-state index in [-0.39, 0.29) is 16.8 Å². The molecule has 21 heavy (non-hydrogen) atoms. The molecule has 3 nitrogen and oxygen atoms in total. The summed E-state index contributed by atoms with van der Waals surface area (Å²) in [6, 6.07) is 1.72. The highest BCUT2D eigenvalue weighted by molar-refractivity contribution is 6.33. The molecule has 0 radical (unpaired) electrons. The number of rotatable bonds is 4. The highest BCUT2D eigenvalue weighted by Crippen LogP contribution is 2.31. The molecule has 1 N–H and O–H groups in total. The first-order valence-corrected chi connectivity index (χ1v) is 7.17. The second kappa shape index (κ2) is 6.02. The Morgan fingerprint density at radius 3 is 2.52 bits per heavy atom. The maximum Gasteiger partial charge on any atom is 0.150 e. The van der Waals surface area contributed by atoms with Crippen LogP contribution >= 0.6 is 11.6 Å². The summed E-state index contributed by atoms with van der Waals surface area (Å²) in [7, 11) is 0. The van der Waals surface area contributed by atoms with E-state index in [4.69, 9.17) is 11.6 Å². The molecule has 0 spiro atoms. The summed E-state index contributed by atoms with van der Waals surface area (Å²) in [5, 5.41) is 7.48. The highest BCUT2D eigenvalue weighted by atomic mass is 35.5. The van der Waals surface area contributed by atoms with Crippen molar-refractivity contribution in [3.8, 4) is 0 Å². The van der Waals surface area contributed by atoms with Gasteiger partial charge in [0, 0.05) is 23.9 Å². The van der Waals surface area contributed by atoms with Crippen molar-refractivity contribution in [1.29, 1.82) is 0 Å². The molecule has 1 aromatic heterocycles. The minimum atomic E-state index is -0.704. The van der Waals surface area contributed by atoms with Gasteiger partial charge in [0.2, 0.25) is 0 Å². The van der Waals surface area contributed by atoms with E-state index in [9.17, 15) is 8.78 Å². The summed E-state index contributed by atoms with van der Waals surface area (Å²) in [5.41, 5.74) is 3.01. The third kappa shape index (κ3) is 3.02. The van der Waals surface area contributed by atoms with Crippen molar-refractivity contribution in [2.45, 2.75) is 40.3 Å². The van der Waals surface area contributed by atoms with E-state index in [2.05, 4.69) is 10.4 Å². The molecule has 0 amide bonds. The molecule has 0 saturated heterocycles. The molecule has 0 saturated carbocycles. The lowest BCUT2D eigenvalue weighted by Gasteiger charge is -2.18. The molecule has 2 aromatic rings. The zero-order valence-corrected chi connectivity index (χ0v) is 13.2. The van der Waals surface area contributed by atoms with Crippen molar-refractivity contribution < 1.29 is 8.78 Å². The second-order valence-electron chi connectivity index (χ2n) is 5.01. The smallest absolute Gasteiger partial charge is 0.150 e. The predicted octanol–water partition coefficient (Wildman–Crippen LogP) is 4.62. The molecule has 0 aliphatic rings. The van der Waals surface area contributed by atoms with Gasteiger partial charge in [0.25, 0.3) is 0 Å². The Morgan fingerprint density at radius 2 is 2.00 bits per heavy atom. The molecule has 0 aliphatic heterocycles. The zero-order valence-electron chi connectivity index (χ0n) is 12.5. The SMILES string of the molecule is CCn1nc(C)c(C(C)Nc2c(F)cc(F)cc2Cl)c1C. The normalized spacial score (nSPS) is 12.5. The van der Waals surface area contributed by atoms with Crippen molar-refractivity contribution in [3.63, 3.8) is 0 Å². The van der Waals surface area contributed by atoms with E-state index < -0.39 is 11.6 Å². The highest BCUT2D eigenvalue weighted by Gasteiger charge is 2.19. The average Bonchev–Trinajstić information content (AvgIpc) is 2.68. The van der Waals surface area contributed by atoms with Crippen molar-refractivity contribution in [1.82, 2.24) is 9.78 Å². The van der Waals surface area contributed by atoms with Crippen LogP contribution in [0.4, 0.5) is 14.5 Å². The molecule has 2 rings (SSSR count). The lowest BCUT2D eigenvalue weighted by Crippen LogP contribution is -2.11. The third-order valence-electron chi connectivity index (χ3n) is 3.54. The Bertz CT molecular complexity index is 644. The lowest BCUT2D eigenvalue weighted by atomic mass is 10.1. The van der Waals surface area contributed by atoms with Crippen molar-refractivity contribution in [2.24, 2.45) is 0 Å². The monoisotopic (exact) mass is 313 g/mol. The molecule has 0 bridgehead atoms. The summed E-state index contributed by atoms with van der Waals surface area (Å²) < 4.78 is 28.8. The number of aryl methyl sites for hydroxylation is 2. The van der Waals surface area contributed by atoms with Crippen molar-refractivity contribution >= 4 is 17.3 Å². The fourth-order valence-electron chi connectivity index (χ4n) is 2.61. The summed E-state index contributed by atoms with van der Waals surface area (Å²) >= 11 is 5.92. The van der Waals surface area contributed by atoms with Crippen LogP contribution < -0.4 is 5.32 Å². The molecule has 1 atom stereocenters. The van der Waals surface area contributed by atoms with Gasteiger partial charge in [0.05, 0.1) is 22.4 Å². The first kappa shape index (κ1) is 15.8. The molecule has 0 aliphatic carbocycles. The third-order valence-corrected chi connectivity index (χ3v) is 3.84. The van der Waals surface area contributed by atoms with Crippen LogP contribution in [0.2, 0.25) is 5.02 Å². The number of nitrogens with zero attached hydrogens (tertiary/aromatic N) is 2. The Labute approximate surface area is 127 Å². The predicted molar refractivity (Wildman–Crippen MR) is 80.8 cm³/mol. The molecular weight excluding hydrogens is 296 g/mol. The number of benzene rings is 1. The van der Waals surface area contributed by atoms with E-state index >= 15 is 0 Å². The summed E-state index contributed by atoms with van der Waals surface area (Å²) in [6.45, 7) is 8.56. The Balaban J connectivity index is 2.35. The van der Waals surface area contributed by atoms with Gasteiger partial charge in [0.15, 0.2) is 5.82 Å². The van der Waals surface area contributed by atoms with E-state index in [0.29, 0.717) is 0 Å². The van der Waals surface area contributed by atoms with Gasteiger partial charge in [-0.15, -0.1) is 0 Å². The molecule has 0 fully saturated rings. The average molecular weight is 314 g/mol. The summed E-state index contributed by atoms with van der Waals surface area (Å²) in [5.74, 6) is -1.40. The summed E-state index contributed by atoms with van der Waals surface area (Å²) in [4.78, 5) is 0. The molecule has 114 valence electrons. The zero-order chi connectivity index (χ0) is 15.7. The van der Waals surface area contributed by atoms with Gasteiger partial charge in [-0.05, 0) is 33.8 Å². The standard InChI is InChI=1S/C15H18ClF2N3/c1-5-21-10(4)14(9(3)20-21)8(2)19-15-12(16)6-11(17)7-13(15)18/h6-8,19H,5H2,1-4H3. The van der Waals surface area contributed by atoms with E-state index in [1.807, 2.05) is 32.4 Å². The molecular formula is C15H18ClF2N3. The van der Waals surface area contributed by atoms with Crippen molar-refractivity contribution in [3.05, 3.63) is 45.7 Å². The summed E-state index contributed by atoms with van der Waals surface area (Å²) in [6.07, 6.45) is 0. The van der Waals surface area contributed by atoms with E-state index in [1.54, 1.807) is 0 Å². The molecule has 1 unspecified atom stereocenters. The van der Waals surface area contributed by atoms with Gasteiger partial charge in [-0.2, -0.15) is 5.10 Å². The molecule has 6 heteroatoms. The van der Waals surface area contributed by atoms with Crippen molar-refractivity contribution in [2.75, 3.05) is 5.32 Å². The molecule has 1 heterocycles. The van der Waals surface area contributed by atoms with Crippen LogP contribution in [0.5, 0.6) is 0 Å². The fraction of sp³-hybridized carbons (Fsp3) is 0.400. The van der Waals surface area contributed by atoms with Gasteiger partial charge in [0.1, 0.15) is 5.82 Å². The number of aromatic nitrogens is 2. The number of hydrogen-bond acceptors (Lipinski definition) is 2. The van der Waals surface area contributed by atoms with Gasteiger partial charge in [-0.25, -0.2) is 8.78 Å². The minimum absolute atomic E-state index is 0.0255. The van der Waals surface area contributed by atoms with Gasteiger partial charge in [-0.1, -0.05) is 11.6 Å². The molecule has 1 aromatic carbocycles. The van der Waals surface area contributed by atoms with Crippen LogP contribution in [0, 0.1) is 25.5 Å². The second-order valence-corrected chi connectivity index (χ2v) is 5.42. The largest absolute Gasteiger partial charge is 0.375 e. The fourth-order valence-corrected chi connectivity index (χ4v) is 2.86. The number of halogens is 3. The quantitative estimate of drug-likeness (QED) is 0.892. The first-order valence-electron chi connectivity index (χ1n) is 6.80. The van der Waals surface area contributed by atoms with Crippen LogP contribution in [0.15, 0.2) is 12.1 Å². The van der Waals surface area contributed by atoms with E-state index in [0.717, 1.165) is 35.6 Å². The number of nitrogens with one attached hydrogen (secondary N) is 1. The Kier molecular flexibility index (Phi) is 4.52. The van der Waals surface area contributed by atoms with Crippen LogP contribution in [-0.2, 0) is 6.54 Å². The first-order chi connectivity index (χ1) is 9.85. The minimum Gasteiger partial charge on any atom is -0.375 e. The number of hydrogen-bond donors (Lipinski definition) is 1. The maximum absolute atomic E-state index is 13.9. The van der Waals surface area contributed by atoms with Gasteiger partial charge in [-0.3, -0.25) is 4.68 Å². The Morgan fingerprint density at radius 1 is 1.33 bits per heavy atom. The van der Waals surface area contributed by atoms with E-state index in [1.165, 1.54) is 0 Å². The van der Waals surface area contributed by atoms with Crippen LogP contribution in [-0.4, -0.2) is 9.78 Å². The topological polar surface area (TPSA) is 29.9 Å². The maximum atomic E-state index is 13.9. The van der Waals surface area contributed by atoms with Crippen LogP contribution in [0.1, 0.15) is 36.8 Å².